The van der Waals surface area contributed by atoms with Crippen LogP contribution in [0.1, 0.15) is 59.4 Å². The Morgan fingerprint density at radius 1 is 1.08 bits per heavy atom. The Morgan fingerprint density at radius 3 is 2.36 bits per heavy atom. The van der Waals surface area contributed by atoms with Gasteiger partial charge in [-0.15, -0.1) is 11.3 Å². The molecule has 5 nitrogen and oxygen atoms in total. The van der Waals surface area contributed by atoms with Crippen molar-refractivity contribution in [3.8, 4) is 0 Å². The van der Waals surface area contributed by atoms with Gasteiger partial charge in [0.25, 0.3) is 11.8 Å². The molecule has 134 valence electrons. The minimum Gasteiger partial charge on any atom is -0.352 e. The average Bonchev–Trinajstić information content (AvgIpc) is 3.02. The van der Waals surface area contributed by atoms with Crippen molar-refractivity contribution in [2.75, 3.05) is 11.9 Å². The molecule has 0 saturated heterocycles. The third-order valence-electron chi connectivity index (χ3n) is 3.86. The van der Waals surface area contributed by atoms with Gasteiger partial charge in [0, 0.05) is 18.2 Å². The quantitative estimate of drug-likeness (QED) is 0.706. The number of nitrogens with two attached hydrogens (primary N) is 1. The van der Waals surface area contributed by atoms with Crippen molar-refractivity contribution in [2.24, 2.45) is 5.73 Å². The molecule has 1 heterocycles. The molecule has 4 N–H and O–H groups in total. The van der Waals surface area contributed by atoms with Gasteiger partial charge in [-0.1, -0.05) is 26.0 Å². The molecule has 1 atom stereocenters. The molecule has 1 aromatic heterocycles. The first-order chi connectivity index (χ1) is 11.9. The van der Waals surface area contributed by atoms with Gasteiger partial charge in [0.2, 0.25) is 0 Å². The molecule has 0 aliphatic rings. The Morgan fingerprint density at radius 2 is 1.76 bits per heavy atom. The number of carbonyl (C=O) groups is 2. The van der Waals surface area contributed by atoms with Crippen LogP contribution in [0.4, 0.5) is 5.00 Å². The van der Waals surface area contributed by atoms with Crippen LogP contribution in [0.15, 0.2) is 35.7 Å². The minimum atomic E-state index is -0.220. The summed E-state index contributed by atoms with van der Waals surface area (Å²) in [6.45, 7) is 6.62. The maximum absolute atomic E-state index is 12.4. The molecule has 0 aliphatic heterocycles. The van der Waals surface area contributed by atoms with Crippen molar-refractivity contribution in [1.29, 1.82) is 0 Å². The molecule has 0 radical (unpaired) electrons. The van der Waals surface area contributed by atoms with Crippen LogP contribution in [-0.2, 0) is 0 Å². The number of rotatable bonds is 7. The van der Waals surface area contributed by atoms with E-state index < -0.39 is 0 Å². The van der Waals surface area contributed by atoms with Gasteiger partial charge in [0.15, 0.2) is 0 Å². The smallest absolute Gasteiger partial charge is 0.256 e. The van der Waals surface area contributed by atoms with Crippen LogP contribution in [0.3, 0.4) is 0 Å². The van der Waals surface area contributed by atoms with Crippen LogP contribution >= 0.6 is 11.3 Å². The summed E-state index contributed by atoms with van der Waals surface area (Å²) in [4.78, 5) is 24.7. The van der Waals surface area contributed by atoms with E-state index in [1.165, 1.54) is 16.9 Å². The van der Waals surface area contributed by atoms with Gasteiger partial charge in [-0.05, 0) is 48.4 Å². The van der Waals surface area contributed by atoms with Crippen LogP contribution in [0, 0.1) is 0 Å². The molecule has 0 saturated carbocycles. The highest BCUT2D eigenvalue weighted by Crippen LogP contribution is 2.24. The van der Waals surface area contributed by atoms with Crippen LogP contribution in [0.2, 0.25) is 0 Å². The van der Waals surface area contributed by atoms with Gasteiger partial charge >= 0.3 is 0 Å². The fraction of sp³-hybridized carbons (Fsp3) is 0.368. The molecular formula is C19H25N3O2S. The lowest BCUT2D eigenvalue weighted by atomic mass is 10.0. The van der Waals surface area contributed by atoms with E-state index in [1.807, 2.05) is 19.1 Å². The van der Waals surface area contributed by atoms with Crippen molar-refractivity contribution in [2.45, 2.75) is 39.2 Å². The van der Waals surface area contributed by atoms with E-state index >= 15 is 0 Å². The first-order valence-corrected chi connectivity index (χ1v) is 9.29. The van der Waals surface area contributed by atoms with Gasteiger partial charge in [-0.25, -0.2) is 0 Å². The highest BCUT2D eigenvalue weighted by Gasteiger charge is 2.16. The van der Waals surface area contributed by atoms with Crippen molar-refractivity contribution >= 4 is 28.2 Å². The maximum atomic E-state index is 12.4. The topological polar surface area (TPSA) is 84.2 Å². The maximum Gasteiger partial charge on any atom is 0.256 e. The average molecular weight is 359 g/mol. The zero-order valence-corrected chi connectivity index (χ0v) is 15.7. The lowest BCUT2D eigenvalue weighted by Crippen LogP contribution is -2.29. The fourth-order valence-corrected chi connectivity index (χ4v) is 3.07. The minimum absolute atomic E-state index is 0.0377. The number of benzene rings is 1. The lowest BCUT2D eigenvalue weighted by molar-refractivity contribution is 0.0954. The standard InChI is InChI=1S/C19H25N3O2S/c1-12(2)14-4-6-15(7-5-14)17(23)22-19-16(9-11-25-19)18(24)21-10-8-13(3)20/h4-7,9,11-13H,8,10,20H2,1-3H3,(H,21,24)(H,22,23). The van der Waals surface area contributed by atoms with Crippen LogP contribution in [0.5, 0.6) is 0 Å². The third-order valence-corrected chi connectivity index (χ3v) is 4.69. The van der Waals surface area contributed by atoms with E-state index in [2.05, 4.69) is 24.5 Å². The number of anilines is 1. The Bertz CT molecular complexity index is 721. The highest BCUT2D eigenvalue weighted by molar-refractivity contribution is 7.14. The van der Waals surface area contributed by atoms with Gasteiger partial charge in [0.1, 0.15) is 5.00 Å². The summed E-state index contributed by atoms with van der Waals surface area (Å²) in [6.07, 6.45) is 0.708. The first-order valence-electron chi connectivity index (χ1n) is 8.41. The summed E-state index contributed by atoms with van der Waals surface area (Å²) in [5.74, 6) is -0.00399. The first kappa shape index (κ1) is 19.1. The Kier molecular flexibility index (Phi) is 6.73. The number of nitrogens with one attached hydrogen (secondary N) is 2. The Balaban J connectivity index is 2.02. The van der Waals surface area contributed by atoms with Crippen molar-refractivity contribution in [3.05, 3.63) is 52.4 Å². The molecule has 0 spiro atoms. The van der Waals surface area contributed by atoms with Crippen molar-refractivity contribution < 1.29 is 9.59 Å². The van der Waals surface area contributed by atoms with E-state index in [0.29, 0.717) is 35.0 Å². The lowest BCUT2D eigenvalue weighted by Gasteiger charge is -2.10. The van der Waals surface area contributed by atoms with Gasteiger partial charge in [-0.2, -0.15) is 0 Å². The van der Waals surface area contributed by atoms with E-state index in [9.17, 15) is 9.59 Å². The Labute approximate surface area is 152 Å². The molecule has 25 heavy (non-hydrogen) atoms. The van der Waals surface area contributed by atoms with E-state index in [1.54, 1.807) is 23.6 Å². The number of hydrogen-bond donors (Lipinski definition) is 3. The second kappa shape index (κ2) is 8.78. The fourth-order valence-electron chi connectivity index (χ4n) is 2.29. The Hall–Kier alpha value is -2.18. The second-order valence-electron chi connectivity index (χ2n) is 6.42. The van der Waals surface area contributed by atoms with E-state index in [4.69, 9.17) is 5.73 Å². The second-order valence-corrected chi connectivity index (χ2v) is 7.33. The summed E-state index contributed by atoms with van der Waals surface area (Å²) >= 11 is 1.33. The molecule has 2 rings (SSSR count). The van der Waals surface area contributed by atoms with Gasteiger partial charge < -0.3 is 16.4 Å². The number of amides is 2. The molecule has 1 aromatic carbocycles. The number of hydrogen-bond acceptors (Lipinski definition) is 4. The molecule has 2 aromatic rings. The monoisotopic (exact) mass is 359 g/mol. The molecule has 0 fully saturated rings. The predicted molar refractivity (Wildman–Crippen MR) is 103 cm³/mol. The third kappa shape index (κ3) is 5.41. The molecule has 2 amide bonds. The van der Waals surface area contributed by atoms with Crippen LogP contribution in [-0.4, -0.2) is 24.4 Å². The molecule has 0 bridgehead atoms. The van der Waals surface area contributed by atoms with E-state index in [0.717, 1.165) is 0 Å². The summed E-state index contributed by atoms with van der Waals surface area (Å²) in [5.41, 5.74) is 7.91. The largest absolute Gasteiger partial charge is 0.352 e. The summed E-state index contributed by atoms with van der Waals surface area (Å²) in [5, 5.41) is 8.00. The normalized spacial score (nSPS) is 12.0. The van der Waals surface area contributed by atoms with Crippen molar-refractivity contribution in [3.63, 3.8) is 0 Å². The number of thiophene rings is 1. The summed E-state index contributed by atoms with van der Waals surface area (Å²) in [6, 6.07) is 9.27. The van der Waals surface area contributed by atoms with Gasteiger partial charge in [-0.3, -0.25) is 9.59 Å². The zero-order chi connectivity index (χ0) is 18.4. The van der Waals surface area contributed by atoms with Crippen LogP contribution < -0.4 is 16.4 Å². The highest BCUT2D eigenvalue weighted by atomic mass is 32.1. The number of carbonyl (C=O) groups excluding carboxylic acids is 2. The predicted octanol–water partition coefficient (Wildman–Crippen LogP) is 3.59. The zero-order valence-electron chi connectivity index (χ0n) is 14.8. The summed E-state index contributed by atoms with van der Waals surface area (Å²) in [7, 11) is 0. The molecule has 6 heteroatoms. The van der Waals surface area contributed by atoms with Crippen LogP contribution in [0.25, 0.3) is 0 Å². The molecule has 0 aliphatic carbocycles. The SMILES string of the molecule is CC(N)CCNC(=O)c1ccsc1NC(=O)c1ccc(C(C)C)cc1. The van der Waals surface area contributed by atoms with Crippen molar-refractivity contribution in [1.82, 2.24) is 5.32 Å². The van der Waals surface area contributed by atoms with Gasteiger partial charge in [0.05, 0.1) is 5.56 Å². The summed E-state index contributed by atoms with van der Waals surface area (Å²) < 4.78 is 0. The van der Waals surface area contributed by atoms with E-state index in [-0.39, 0.29) is 17.9 Å². The molecule has 1 unspecified atom stereocenters. The molecular weight excluding hydrogens is 334 g/mol.